The fraction of sp³-hybridized carbons (Fsp3) is 0.778. The summed E-state index contributed by atoms with van der Waals surface area (Å²) in [5, 5.41) is 0. The van der Waals surface area contributed by atoms with Crippen LogP contribution in [0, 0.1) is 17.3 Å². The van der Waals surface area contributed by atoms with Crippen LogP contribution in [-0.4, -0.2) is 12.6 Å². The first-order valence-corrected chi connectivity index (χ1v) is 4.02. The normalized spacial score (nSPS) is 25.8. The zero-order valence-electron chi connectivity index (χ0n) is 8.60. The molecule has 0 heterocycles. The quantitative estimate of drug-likeness (QED) is 0.448. The van der Waals surface area contributed by atoms with E-state index in [0.29, 0.717) is 6.61 Å². The second-order valence-corrected chi connectivity index (χ2v) is 3.59. The van der Waals surface area contributed by atoms with Crippen LogP contribution in [0.5, 0.6) is 0 Å². The van der Waals surface area contributed by atoms with Crippen molar-refractivity contribution >= 4 is 5.97 Å². The maximum atomic E-state index is 11.2. The van der Waals surface area contributed by atoms with Gasteiger partial charge in [0.05, 0.1) is 6.61 Å². The van der Waals surface area contributed by atoms with Gasteiger partial charge in [-0.2, -0.15) is 12.3 Å². The van der Waals surface area contributed by atoms with Crippen LogP contribution in [0.25, 0.3) is 0 Å². The number of carbonyl (C=O) groups excluding carboxylic acids is 1. The molecule has 0 aliphatic heterocycles. The van der Waals surface area contributed by atoms with E-state index in [1.165, 1.54) is 5.92 Å². The van der Waals surface area contributed by atoms with Crippen LogP contribution in [0.1, 0.15) is 27.7 Å². The number of ether oxygens (including phenoxy) is 1. The molecular weight excluding hydrogens is 226 g/mol. The number of hydrogen-bond donors (Lipinski definition) is 0. The van der Waals surface area contributed by atoms with Crippen molar-refractivity contribution in [1.29, 1.82) is 0 Å². The first kappa shape index (κ1) is 13.3. The second-order valence-electron chi connectivity index (χ2n) is 3.59. The van der Waals surface area contributed by atoms with Gasteiger partial charge in [0.1, 0.15) is 0 Å². The third-order valence-electron chi connectivity index (χ3n) is 2.61. The summed E-state index contributed by atoms with van der Waals surface area (Å²) in [6.45, 7) is 8.48. The van der Waals surface area contributed by atoms with E-state index in [1.807, 2.05) is 13.8 Å². The molecule has 1 unspecified atom stereocenters. The molecule has 3 heteroatoms. The van der Waals surface area contributed by atoms with Crippen molar-refractivity contribution < 1.29 is 67.7 Å². The van der Waals surface area contributed by atoms with Crippen LogP contribution >= 0.6 is 0 Å². The fourth-order valence-corrected chi connectivity index (χ4v) is 1.46. The second kappa shape index (κ2) is 4.67. The van der Waals surface area contributed by atoms with Gasteiger partial charge in [0, 0.05) is 0 Å². The van der Waals surface area contributed by atoms with Crippen LogP contribution in [0.2, 0.25) is 0 Å². The zero-order chi connectivity index (χ0) is 8.65. The Labute approximate surface area is 123 Å². The van der Waals surface area contributed by atoms with Crippen molar-refractivity contribution in [2.24, 2.45) is 11.3 Å². The third-order valence-corrected chi connectivity index (χ3v) is 2.61. The first-order valence-electron chi connectivity index (χ1n) is 4.02. The largest absolute Gasteiger partial charge is 1.00 e. The summed E-state index contributed by atoms with van der Waals surface area (Å²) in [4.78, 5) is 11.2. The minimum atomic E-state index is -0.0602. The van der Waals surface area contributed by atoms with Gasteiger partial charge in [-0.1, -0.05) is 19.8 Å². The molecule has 0 N–H and O–H groups in total. The molecule has 0 saturated heterocycles. The van der Waals surface area contributed by atoms with E-state index in [0.717, 1.165) is 0 Å². The van der Waals surface area contributed by atoms with Crippen LogP contribution in [-0.2, 0) is 9.53 Å². The number of carbonyl (C=O) groups is 1. The Hall–Kier alpha value is 1.28. The molecule has 2 nitrogen and oxygen atoms in total. The van der Waals surface area contributed by atoms with Gasteiger partial charge in [0.25, 0.3) is 5.97 Å². The number of esters is 1. The molecule has 0 spiro atoms. The van der Waals surface area contributed by atoms with Crippen molar-refractivity contribution in [1.82, 2.24) is 0 Å². The summed E-state index contributed by atoms with van der Waals surface area (Å²) in [6, 6.07) is 0. The van der Waals surface area contributed by atoms with Crippen LogP contribution < -0.4 is 58.2 Å². The summed E-state index contributed by atoms with van der Waals surface area (Å²) >= 11 is 0. The van der Waals surface area contributed by atoms with E-state index >= 15 is 0 Å². The number of hydrogen-bond acceptors (Lipinski definition) is 2. The van der Waals surface area contributed by atoms with Crippen molar-refractivity contribution in [3.8, 4) is 0 Å². The van der Waals surface area contributed by atoms with Gasteiger partial charge in [-0.25, -0.2) is 0 Å². The van der Waals surface area contributed by atoms with Gasteiger partial charge in [0.15, 0.2) is 0 Å². The van der Waals surface area contributed by atoms with Gasteiger partial charge in [-0.15, -0.1) is 0 Å². The van der Waals surface area contributed by atoms with Gasteiger partial charge >= 0.3 is 58.2 Å². The summed E-state index contributed by atoms with van der Waals surface area (Å²) in [7, 11) is 0. The minimum Gasteiger partial charge on any atom is -0.468 e. The molecule has 0 radical (unpaired) electrons. The van der Waals surface area contributed by atoms with E-state index < -0.39 is 0 Å². The third kappa shape index (κ3) is 2.40. The average Bonchev–Trinajstić information content (AvgIpc) is 2.34. The van der Waals surface area contributed by atoms with Crippen LogP contribution in [0.15, 0.2) is 0 Å². The Balaban J connectivity index is 0.00000121. The van der Waals surface area contributed by atoms with Crippen molar-refractivity contribution in [2.45, 2.75) is 27.7 Å². The molecule has 1 rings (SSSR count). The molecule has 1 fully saturated rings. The zero-order valence-corrected chi connectivity index (χ0v) is 13.5. The SMILES string of the molecule is CCOC(=O)C1[C-](C)C1(C)C.[Rb+]. The molecule has 1 aliphatic rings. The summed E-state index contributed by atoms with van der Waals surface area (Å²) in [5.41, 5.74) is 0.0895. The van der Waals surface area contributed by atoms with E-state index in [1.54, 1.807) is 0 Å². The Kier molecular flexibility index (Phi) is 5.17. The van der Waals surface area contributed by atoms with E-state index in [2.05, 4.69) is 13.8 Å². The number of rotatable bonds is 2. The summed E-state index contributed by atoms with van der Waals surface area (Å²) in [5.74, 6) is 1.24. The predicted octanol–water partition coefficient (Wildman–Crippen LogP) is -1.20. The van der Waals surface area contributed by atoms with Gasteiger partial charge in [-0.05, 0) is 6.92 Å². The molecule has 1 saturated carbocycles. The molecule has 0 aromatic carbocycles. The van der Waals surface area contributed by atoms with Crippen LogP contribution in [0.3, 0.4) is 0 Å². The Morgan fingerprint density at radius 2 is 2.00 bits per heavy atom. The molecule has 0 aromatic heterocycles. The van der Waals surface area contributed by atoms with E-state index in [4.69, 9.17) is 4.74 Å². The Morgan fingerprint density at radius 3 is 2.25 bits per heavy atom. The van der Waals surface area contributed by atoms with Crippen molar-refractivity contribution in [3.05, 3.63) is 5.92 Å². The molecule has 0 bridgehead atoms. The standard InChI is InChI=1S/C9H15O2.Rb/c1-5-11-8(10)7-6(2)9(7,3)4;/h7H,5H2,1-4H3;/q-1;+1. The van der Waals surface area contributed by atoms with Gasteiger partial charge < -0.3 is 10.7 Å². The molecule has 12 heavy (non-hydrogen) atoms. The Bertz CT molecular complexity index is 177. The summed E-state index contributed by atoms with van der Waals surface area (Å²) in [6.07, 6.45) is 0. The smallest absolute Gasteiger partial charge is 0.468 e. The Morgan fingerprint density at radius 1 is 1.58 bits per heavy atom. The van der Waals surface area contributed by atoms with Crippen molar-refractivity contribution in [3.63, 3.8) is 0 Å². The fourth-order valence-electron chi connectivity index (χ4n) is 1.46. The topological polar surface area (TPSA) is 26.3 Å². The first-order chi connectivity index (χ1) is 5.01. The van der Waals surface area contributed by atoms with E-state index in [9.17, 15) is 4.79 Å². The molecule has 64 valence electrons. The predicted molar refractivity (Wildman–Crippen MR) is 42.8 cm³/mol. The molecule has 1 aliphatic carbocycles. The average molecular weight is 241 g/mol. The molecular formula is C9H15O2Rb. The summed E-state index contributed by atoms with van der Waals surface area (Å²) < 4.78 is 4.91. The minimum absolute atomic E-state index is 0. The van der Waals surface area contributed by atoms with Gasteiger partial charge in [-0.3, -0.25) is 4.79 Å². The molecule has 0 amide bonds. The maximum Gasteiger partial charge on any atom is 1.00 e. The maximum absolute atomic E-state index is 11.2. The van der Waals surface area contributed by atoms with E-state index in [-0.39, 0.29) is 75.5 Å². The molecule has 1 atom stereocenters. The van der Waals surface area contributed by atoms with Crippen molar-refractivity contribution in [2.75, 3.05) is 6.61 Å². The molecule has 0 aromatic rings. The van der Waals surface area contributed by atoms with Crippen LogP contribution in [0.4, 0.5) is 0 Å². The van der Waals surface area contributed by atoms with Gasteiger partial charge in [0.2, 0.25) is 0 Å². The monoisotopic (exact) mass is 240 g/mol.